The van der Waals surface area contributed by atoms with Crippen molar-refractivity contribution in [2.75, 3.05) is 5.32 Å². The molecule has 0 spiro atoms. The first kappa shape index (κ1) is 23.5. The van der Waals surface area contributed by atoms with Gasteiger partial charge in [-0.15, -0.1) is 0 Å². The predicted octanol–water partition coefficient (Wildman–Crippen LogP) is 7.10. The zero-order chi connectivity index (χ0) is 26.1. The molecule has 38 heavy (non-hydrogen) atoms. The molecule has 0 fully saturated rings. The Balaban J connectivity index is 1.38. The lowest BCUT2D eigenvalue weighted by Gasteiger charge is -2.07. The number of hydrogen-bond donors (Lipinski definition) is 3. The third-order valence-corrected chi connectivity index (χ3v) is 6.61. The second kappa shape index (κ2) is 9.89. The summed E-state index contributed by atoms with van der Waals surface area (Å²) in [7, 11) is 0. The van der Waals surface area contributed by atoms with Crippen LogP contribution in [0.1, 0.15) is 26.2 Å². The highest BCUT2D eigenvalue weighted by Gasteiger charge is 2.16. The normalized spacial score (nSPS) is 11.3. The molecule has 6 rings (SSSR count). The molecule has 0 saturated carbocycles. The van der Waals surface area contributed by atoms with E-state index in [1.807, 2.05) is 30.3 Å². The van der Waals surface area contributed by atoms with E-state index in [0.29, 0.717) is 23.4 Å². The Bertz CT molecular complexity index is 1790. The van der Waals surface area contributed by atoms with E-state index < -0.39 is 0 Å². The minimum atomic E-state index is -0.317. The quantitative estimate of drug-likeness (QED) is 0.216. The Morgan fingerprint density at radius 3 is 2.68 bits per heavy atom. The van der Waals surface area contributed by atoms with Gasteiger partial charge in [-0.05, 0) is 54.4 Å². The molecule has 0 radical (unpaired) electrons. The van der Waals surface area contributed by atoms with E-state index in [9.17, 15) is 9.18 Å². The summed E-state index contributed by atoms with van der Waals surface area (Å²) in [5.41, 5.74) is 6.79. The molecule has 0 aliphatic heterocycles. The van der Waals surface area contributed by atoms with Crippen molar-refractivity contribution in [1.29, 1.82) is 0 Å². The second-order valence-electron chi connectivity index (χ2n) is 9.23. The van der Waals surface area contributed by atoms with E-state index in [4.69, 9.17) is 0 Å². The van der Waals surface area contributed by atoms with Crippen molar-refractivity contribution in [1.82, 2.24) is 25.1 Å². The fraction of sp³-hybridized carbons (Fsp3) is 0.133. The molecular formula is C30H25FN6O. The molecule has 0 saturated heterocycles. The number of fused-ring (bicyclic) bond motifs is 2. The molecule has 8 heteroatoms. The average Bonchev–Trinajstić information content (AvgIpc) is 3.56. The number of hydrogen-bond acceptors (Lipinski definition) is 4. The van der Waals surface area contributed by atoms with Crippen molar-refractivity contribution >= 4 is 33.4 Å². The van der Waals surface area contributed by atoms with E-state index in [0.717, 1.165) is 57.2 Å². The van der Waals surface area contributed by atoms with Crippen LogP contribution in [0.25, 0.3) is 55.6 Å². The number of amides is 1. The van der Waals surface area contributed by atoms with Gasteiger partial charge in [0.25, 0.3) is 0 Å². The van der Waals surface area contributed by atoms with Gasteiger partial charge in [0.15, 0.2) is 0 Å². The number of nitrogens with zero attached hydrogens (tertiary/aromatic N) is 3. The highest BCUT2D eigenvalue weighted by Crippen LogP contribution is 2.35. The maximum Gasteiger partial charge on any atom is 0.224 e. The summed E-state index contributed by atoms with van der Waals surface area (Å²) in [6.07, 6.45) is 7.41. The van der Waals surface area contributed by atoms with Gasteiger partial charge in [0, 0.05) is 46.2 Å². The third kappa shape index (κ3) is 4.41. The molecule has 4 heterocycles. The van der Waals surface area contributed by atoms with Crippen molar-refractivity contribution < 1.29 is 9.18 Å². The largest absolute Gasteiger partial charge is 0.353 e. The molecule has 4 aromatic heterocycles. The number of carbonyl (C=O) groups excluding carboxylic acids is 1. The van der Waals surface area contributed by atoms with Crippen LogP contribution in [-0.2, 0) is 4.79 Å². The number of pyridine rings is 2. The van der Waals surface area contributed by atoms with Crippen LogP contribution in [0.15, 0.2) is 79.3 Å². The van der Waals surface area contributed by atoms with Crippen molar-refractivity contribution in [3.8, 4) is 33.8 Å². The van der Waals surface area contributed by atoms with E-state index in [1.165, 1.54) is 6.07 Å². The fourth-order valence-corrected chi connectivity index (χ4v) is 4.68. The predicted molar refractivity (Wildman–Crippen MR) is 148 cm³/mol. The number of unbranched alkanes of at least 4 members (excludes halogenated alkanes) is 1. The Morgan fingerprint density at radius 2 is 1.82 bits per heavy atom. The van der Waals surface area contributed by atoms with E-state index in [1.54, 1.807) is 36.8 Å². The highest BCUT2D eigenvalue weighted by atomic mass is 19.1. The molecule has 6 aromatic rings. The first-order chi connectivity index (χ1) is 18.6. The zero-order valence-corrected chi connectivity index (χ0v) is 20.8. The molecule has 1 amide bonds. The van der Waals surface area contributed by atoms with Gasteiger partial charge in [0.05, 0.1) is 28.8 Å². The topological polar surface area (TPSA) is 99.3 Å². The van der Waals surface area contributed by atoms with Crippen LogP contribution in [-0.4, -0.2) is 31.1 Å². The van der Waals surface area contributed by atoms with Crippen molar-refractivity contribution in [3.05, 3.63) is 85.1 Å². The van der Waals surface area contributed by atoms with Gasteiger partial charge in [-0.3, -0.25) is 19.9 Å². The molecule has 2 aromatic carbocycles. The highest BCUT2D eigenvalue weighted by molar-refractivity contribution is 6.01. The molecule has 0 unspecified atom stereocenters. The van der Waals surface area contributed by atoms with Crippen LogP contribution >= 0.6 is 0 Å². The number of nitrogens with one attached hydrogen (secondary N) is 3. The van der Waals surface area contributed by atoms with Crippen molar-refractivity contribution in [2.45, 2.75) is 26.2 Å². The molecule has 0 atom stereocenters. The minimum Gasteiger partial charge on any atom is -0.353 e. The SMILES string of the molecule is CCCCC(=O)Nc1cncc(-c2ccc3[nH]nc(-c4cc5c(-c6ccccc6F)nccc5[nH]4)c3c2)c1. The summed E-state index contributed by atoms with van der Waals surface area (Å²) in [5.74, 6) is -0.330. The van der Waals surface area contributed by atoms with Gasteiger partial charge in [-0.25, -0.2) is 4.39 Å². The van der Waals surface area contributed by atoms with Crippen LogP contribution in [0.2, 0.25) is 0 Å². The van der Waals surface area contributed by atoms with Gasteiger partial charge in [-0.1, -0.05) is 31.5 Å². The van der Waals surface area contributed by atoms with E-state index in [2.05, 4.69) is 43.5 Å². The number of aromatic nitrogens is 5. The minimum absolute atomic E-state index is 0.0126. The standard InChI is InChI=1S/C30H25FN6O/c1-2-3-8-28(38)34-20-13-19(16-32-17-20)18-9-10-26-22(14-18)30(37-36-26)27-15-23-25(35-27)11-12-33-29(23)21-6-4-5-7-24(21)31/h4-7,9-17,35H,2-3,8H2,1H3,(H,34,38)(H,36,37). The Hall–Kier alpha value is -4.85. The summed E-state index contributed by atoms with van der Waals surface area (Å²) in [4.78, 5) is 24.4. The molecule has 0 aliphatic rings. The average molecular weight is 505 g/mol. The second-order valence-corrected chi connectivity index (χ2v) is 9.23. The van der Waals surface area contributed by atoms with Crippen LogP contribution < -0.4 is 5.32 Å². The first-order valence-corrected chi connectivity index (χ1v) is 12.6. The van der Waals surface area contributed by atoms with Crippen LogP contribution in [0.3, 0.4) is 0 Å². The van der Waals surface area contributed by atoms with Gasteiger partial charge in [0.2, 0.25) is 5.91 Å². The molecule has 7 nitrogen and oxygen atoms in total. The Kier molecular flexibility index (Phi) is 6.13. The Labute approximate surface area is 218 Å². The number of anilines is 1. The van der Waals surface area contributed by atoms with Gasteiger partial charge in [-0.2, -0.15) is 5.10 Å². The summed E-state index contributed by atoms with van der Waals surface area (Å²) in [5, 5.41) is 12.4. The van der Waals surface area contributed by atoms with Crippen LogP contribution in [0.4, 0.5) is 10.1 Å². The lowest BCUT2D eigenvalue weighted by Crippen LogP contribution is -2.11. The third-order valence-electron chi connectivity index (χ3n) is 6.61. The van der Waals surface area contributed by atoms with Gasteiger partial charge >= 0.3 is 0 Å². The molecule has 188 valence electrons. The number of rotatable bonds is 7. The number of benzene rings is 2. The molecule has 3 N–H and O–H groups in total. The smallest absolute Gasteiger partial charge is 0.224 e. The fourth-order valence-electron chi connectivity index (χ4n) is 4.68. The maximum atomic E-state index is 14.6. The first-order valence-electron chi connectivity index (χ1n) is 12.6. The zero-order valence-electron chi connectivity index (χ0n) is 20.8. The lowest BCUT2D eigenvalue weighted by molar-refractivity contribution is -0.116. The summed E-state index contributed by atoms with van der Waals surface area (Å²) in [6.45, 7) is 2.06. The maximum absolute atomic E-state index is 14.6. The monoisotopic (exact) mass is 504 g/mol. The number of halogens is 1. The summed E-state index contributed by atoms with van der Waals surface area (Å²) in [6, 6.07) is 18.4. The molecule has 0 bridgehead atoms. The van der Waals surface area contributed by atoms with Crippen molar-refractivity contribution in [2.24, 2.45) is 0 Å². The number of H-pyrrole nitrogens is 2. The van der Waals surface area contributed by atoms with Gasteiger partial charge < -0.3 is 10.3 Å². The molecular weight excluding hydrogens is 479 g/mol. The van der Waals surface area contributed by atoms with Crippen LogP contribution in [0.5, 0.6) is 0 Å². The van der Waals surface area contributed by atoms with E-state index >= 15 is 0 Å². The number of carbonyl (C=O) groups is 1. The van der Waals surface area contributed by atoms with E-state index in [-0.39, 0.29) is 11.7 Å². The lowest BCUT2D eigenvalue weighted by atomic mass is 10.0. The van der Waals surface area contributed by atoms with Crippen molar-refractivity contribution in [3.63, 3.8) is 0 Å². The summed E-state index contributed by atoms with van der Waals surface area (Å²) >= 11 is 0. The van der Waals surface area contributed by atoms with Gasteiger partial charge in [0.1, 0.15) is 11.5 Å². The molecule has 0 aliphatic carbocycles. The van der Waals surface area contributed by atoms with Crippen LogP contribution in [0, 0.1) is 5.82 Å². The number of aromatic amines is 2. The Morgan fingerprint density at radius 1 is 0.947 bits per heavy atom. The summed E-state index contributed by atoms with van der Waals surface area (Å²) < 4.78 is 14.6.